The Hall–Kier alpha value is -2.38. The molecule has 1 aliphatic carbocycles. The number of likely N-dealkylation sites (tertiary alicyclic amines) is 1. The zero-order valence-corrected chi connectivity index (χ0v) is 18.6. The maximum atomic E-state index is 9.81. The van der Waals surface area contributed by atoms with Crippen LogP contribution < -0.4 is 5.32 Å². The molecule has 3 heterocycles. The standard InChI is InChI=1S/C24H34N6O/c1-2-3-12-25-24-27-16-21(23(29-24)28-19-7-9-20(31)10-8-19)22-11-6-18(15-26-22)17-30-13-4-5-14-30/h6,11,15-16,20,31H,2-5,7-10,12-14,17H2,1H3,(H,25,27,29). The van der Waals surface area contributed by atoms with Gasteiger partial charge in [0.2, 0.25) is 5.95 Å². The van der Waals surface area contributed by atoms with Crippen LogP contribution >= 0.6 is 0 Å². The number of nitrogens with zero attached hydrogens (tertiary/aromatic N) is 5. The third-order valence-corrected chi connectivity index (χ3v) is 6.08. The van der Waals surface area contributed by atoms with Crippen molar-refractivity contribution >= 4 is 17.5 Å². The van der Waals surface area contributed by atoms with Crippen molar-refractivity contribution in [3.8, 4) is 11.3 Å². The maximum absolute atomic E-state index is 9.81. The van der Waals surface area contributed by atoms with Crippen molar-refractivity contribution < 1.29 is 5.11 Å². The summed E-state index contributed by atoms with van der Waals surface area (Å²) in [5.74, 6) is 1.28. The van der Waals surface area contributed by atoms with Crippen molar-refractivity contribution in [3.05, 3.63) is 30.1 Å². The van der Waals surface area contributed by atoms with Crippen molar-refractivity contribution in [3.63, 3.8) is 0 Å². The third-order valence-electron chi connectivity index (χ3n) is 6.08. The van der Waals surface area contributed by atoms with Crippen molar-refractivity contribution in [1.29, 1.82) is 0 Å². The Morgan fingerprint density at radius 1 is 1.13 bits per heavy atom. The zero-order valence-electron chi connectivity index (χ0n) is 18.6. The van der Waals surface area contributed by atoms with E-state index in [-0.39, 0.29) is 6.10 Å². The van der Waals surface area contributed by atoms with Gasteiger partial charge in [0.05, 0.1) is 17.4 Å². The number of aromatic nitrogens is 3. The van der Waals surface area contributed by atoms with Crippen molar-refractivity contribution in [2.45, 2.75) is 70.9 Å². The first-order chi connectivity index (χ1) is 15.2. The topological polar surface area (TPSA) is 86.5 Å². The summed E-state index contributed by atoms with van der Waals surface area (Å²) in [6.45, 7) is 6.33. The summed E-state index contributed by atoms with van der Waals surface area (Å²) < 4.78 is 0. The summed E-state index contributed by atoms with van der Waals surface area (Å²) in [5.41, 5.74) is 4.03. The summed E-state index contributed by atoms with van der Waals surface area (Å²) in [7, 11) is 0. The van der Waals surface area contributed by atoms with Gasteiger partial charge in [0.1, 0.15) is 0 Å². The van der Waals surface area contributed by atoms with Gasteiger partial charge in [-0.05, 0) is 69.7 Å². The number of aliphatic imine (C=N–C) groups is 1. The van der Waals surface area contributed by atoms with Gasteiger partial charge in [0.15, 0.2) is 5.82 Å². The lowest BCUT2D eigenvalue weighted by molar-refractivity contribution is 0.152. The third kappa shape index (κ3) is 6.08. The first-order valence-corrected chi connectivity index (χ1v) is 11.7. The van der Waals surface area contributed by atoms with E-state index in [1.807, 2.05) is 12.4 Å². The first kappa shape index (κ1) is 21.8. The van der Waals surface area contributed by atoms with Crippen molar-refractivity contribution in [2.75, 3.05) is 25.0 Å². The van der Waals surface area contributed by atoms with E-state index in [2.05, 4.69) is 34.3 Å². The first-order valence-electron chi connectivity index (χ1n) is 11.7. The Bertz CT molecular complexity index is 866. The van der Waals surface area contributed by atoms with Gasteiger partial charge in [-0.25, -0.2) is 9.98 Å². The molecule has 0 aromatic carbocycles. The molecule has 1 saturated heterocycles. The highest BCUT2D eigenvalue weighted by molar-refractivity contribution is 5.89. The number of aliphatic hydroxyl groups is 1. The fraction of sp³-hybridized carbons (Fsp3) is 0.583. The number of unbranched alkanes of at least 4 members (excludes halogenated alkanes) is 1. The van der Waals surface area contributed by atoms with Crippen LogP contribution in [0.2, 0.25) is 0 Å². The minimum absolute atomic E-state index is 0.208. The molecule has 0 spiro atoms. The molecule has 0 bridgehead atoms. The molecule has 31 heavy (non-hydrogen) atoms. The molecule has 1 aliphatic heterocycles. The summed E-state index contributed by atoms with van der Waals surface area (Å²) >= 11 is 0. The van der Waals surface area contributed by atoms with Crippen LogP contribution in [0.15, 0.2) is 29.5 Å². The van der Waals surface area contributed by atoms with E-state index in [1.54, 1.807) is 0 Å². The van der Waals surface area contributed by atoms with Crippen LogP contribution in [0.1, 0.15) is 63.9 Å². The van der Waals surface area contributed by atoms with E-state index >= 15 is 0 Å². The molecule has 2 N–H and O–H groups in total. The lowest BCUT2D eigenvalue weighted by atomic mass is 9.96. The summed E-state index contributed by atoms with van der Waals surface area (Å²) in [6, 6.07) is 4.21. The van der Waals surface area contributed by atoms with Gasteiger partial charge in [-0.3, -0.25) is 9.88 Å². The SMILES string of the molecule is CCCCNc1ncc(-c2ccc(CN3CCCC3)cn2)c(N=C2CCC(O)CC2)n1. The number of hydrogen-bond donors (Lipinski definition) is 2. The van der Waals surface area contributed by atoms with Crippen LogP contribution in [0.4, 0.5) is 11.8 Å². The monoisotopic (exact) mass is 422 g/mol. The zero-order chi connectivity index (χ0) is 21.5. The highest BCUT2D eigenvalue weighted by Crippen LogP contribution is 2.30. The molecule has 0 amide bonds. The van der Waals surface area contributed by atoms with Crippen LogP contribution in [0.5, 0.6) is 0 Å². The van der Waals surface area contributed by atoms with Crippen molar-refractivity contribution in [1.82, 2.24) is 19.9 Å². The van der Waals surface area contributed by atoms with Crippen LogP contribution in [-0.2, 0) is 6.54 Å². The fourth-order valence-corrected chi connectivity index (χ4v) is 4.17. The van der Waals surface area contributed by atoms with E-state index < -0.39 is 0 Å². The lowest BCUT2D eigenvalue weighted by Crippen LogP contribution is -2.18. The van der Waals surface area contributed by atoms with E-state index in [0.717, 1.165) is 68.6 Å². The molecule has 1 saturated carbocycles. The van der Waals surface area contributed by atoms with Crippen LogP contribution in [-0.4, -0.2) is 56.4 Å². The highest BCUT2D eigenvalue weighted by atomic mass is 16.3. The molecule has 166 valence electrons. The summed E-state index contributed by atoms with van der Waals surface area (Å²) in [4.78, 5) is 21.3. The second-order valence-corrected chi connectivity index (χ2v) is 8.66. The Kier molecular flexibility index (Phi) is 7.59. The molecular formula is C24H34N6O. The average Bonchev–Trinajstić information content (AvgIpc) is 3.30. The van der Waals surface area contributed by atoms with Crippen LogP contribution in [0, 0.1) is 0 Å². The number of aliphatic hydroxyl groups excluding tert-OH is 1. The van der Waals surface area contributed by atoms with Gasteiger partial charge in [-0.2, -0.15) is 4.98 Å². The van der Waals surface area contributed by atoms with Crippen LogP contribution in [0.3, 0.4) is 0 Å². The largest absolute Gasteiger partial charge is 0.393 e. The molecule has 0 unspecified atom stereocenters. The Balaban J connectivity index is 1.56. The number of hydrogen-bond acceptors (Lipinski definition) is 7. The van der Waals surface area contributed by atoms with Crippen LogP contribution in [0.25, 0.3) is 11.3 Å². The molecule has 7 nitrogen and oxygen atoms in total. The molecular weight excluding hydrogens is 388 g/mol. The predicted molar refractivity (Wildman–Crippen MR) is 125 cm³/mol. The van der Waals surface area contributed by atoms with E-state index in [9.17, 15) is 5.11 Å². The van der Waals surface area contributed by atoms with Gasteiger partial charge in [-0.1, -0.05) is 19.4 Å². The number of rotatable bonds is 8. The normalized spacial score (nSPS) is 19.5. The molecule has 2 aliphatic rings. The smallest absolute Gasteiger partial charge is 0.224 e. The second kappa shape index (κ2) is 10.8. The predicted octanol–water partition coefficient (Wildman–Crippen LogP) is 4.35. The quantitative estimate of drug-likeness (QED) is 0.615. The van der Waals surface area contributed by atoms with E-state index in [4.69, 9.17) is 15.0 Å². The molecule has 4 rings (SSSR count). The summed E-state index contributed by atoms with van der Waals surface area (Å²) in [6.07, 6.45) is 11.5. The van der Waals surface area contributed by atoms with Crippen molar-refractivity contribution in [2.24, 2.45) is 4.99 Å². The second-order valence-electron chi connectivity index (χ2n) is 8.66. The van der Waals surface area contributed by atoms with Gasteiger partial charge in [0.25, 0.3) is 0 Å². The molecule has 0 atom stereocenters. The molecule has 2 fully saturated rings. The van der Waals surface area contributed by atoms with Gasteiger partial charge >= 0.3 is 0 Å². The minimum Gasteiger partial charge on any atom is -0.393 e. The van der Waals surface area contributed by atoms with Gasteiger partial charge in [-0.15, -0.1) is 0 Å². The van der Waals surface area contributed by atoms with E-state index in [0.29, 0.717) is 11.8 Å². The Morgan fingerprint density at radius 3 is 2.65 bits per heavy atom. The average molecular weight is 423 g/mol. The number of nitrogens with one attached hydrogen (secondary N) is 1. The van der Waals surface area contributed by atoms with Gasteiger partial charge < -0.3 is 10.4 Å². The molecule has 2 aromatic rings. The Labute approximate surface area is 185 Å². The molecule has 0 radical (unpaired) electrons. The fourth-order valence-electron chi connectivity index (χ4n) is 4.17. The van der Waals surface area contributed by atoms with Gasteiger partial charge in [0, 0.05) is 31.2 Å². The number of anilines is 1. The lowest BCUT2D eigenvalue weighted by Gasteiger charge is -2.18. The summed E-state index contributed by atoms with van der Waals surface area (Å²) in [5, 5.41) is 13.1. The minimum atomic E-state index is -0.208. The maximum Gasteiger partial charge on any atom is 0.224 e. The molecule has 2 aromatic heterocycles. The molecule has 7 heteroatoms. The highest BCUT2D eigenvalue weighted by Gasteiger charge is 2.17. The Morgan fingerprint density at radius 2 is 1.94 bits per heavy atom. The number of pyridine rings is 1. The van der Waals surface area contributed by atoms with E-state index in [1.165, 1.54) is 31.5 Å².